The van der Waals surface area contributed by atoms with Crippen LogP contribution < -0.4 is 5.32 Å². The molecular formula is C14H19N5O2S. The lowest BCUT2D eigenvalue weighted by molar-refractivity contribution is -0.385. The first kappa shape index (κ1) is 15.1. The molecule has 0 bridgehead atoms. The Balaban J connectivity index is 1.58. The standard InChI is InChI=1S/C14H19N5O2S/c1-2-13-17-12-5-3-4-11(14(12)22-13)15-6-7-18-9-10(8-16-18)19(20)21/h8-9,11,15H,2-7H2,1H3. The molecule has 8 heteroatoms. The van der Waals surface area contributed by atoms with Crippen LogP contribution in [-0.4, -0.2) is 26.2 Å². The molecule has 3 rings (SSSR count). The molecule has 0 spiro atoms. The first-order chi connectivity index (χ1) is 10.7. The molecule has 7 nitrogen and oxygen atoms in total. The second-order valence-electron chi connectivity index (χ2n) is 5.39. The largest absolute Gasteiger partial charge is 0.307 e. The molecule has 0 aromatic carbocycles. The van der Waals surface area contributed by atoms with Gasteiger partial charge in [-0.15, -0.1) is 11.3 Å². The molecule has 2 heterocycles. The zero-order valence-electron chi connectivity index (χ0n) is 12.5. The molecule has 0 fully saturated rings. The molecule has 118 valence electrons. The second kappa shape index (κ2) is 6.53. The Morgan fingerprint density at radius 1 is 1.59 bits per heavy atom. The first-order valence-corrected chi connectivity index (χ1v) is 8.37. The molecule has 1 N–H and O–H groups in total. The maximum atomic E-state index is 10.6. The summed E-state index contributed by atoms with van der Waals surface area (Å²) in [4.78, 5) is 16.3. The van der Waals surface area contributed by atoms with Crippen LogP contribution in [0.5, 0.6) is 0 Å². The highest BCUT2D eigenvalue weighted by molar-refractivity contribution is 7.11. The number of aromatic nitrogens is 3. The predicted octanol–water partition coefficient (Wildman–Crippen LogP) is 2.48. The van der Waals surface area contributed by atoms with Crippen LogP contribution in [0, 0.1) is 10.1 Å². The van der Waals surface area contributed by atoms with Crippen LogP contribution in [0.15, 0.2) is 12.4 Å². The molecule has 1 atom stereocenters. The van der Waals surface area contributed by atoms with Crippen molar-refractivity contribution in [2.75, 3.05) is 6.54 Å². The fourth-order valence-electron chi connectivity index (χ4n) is 2.74. The van der Waals surface area contributed by atoms with Crippen molar-refractivity contribution in [1.29, 1.82) is 0 Å². The number of hydrogen-bond acceptors (Lipinski definition) is 6. The van der Waals surface area contributed by atoms with Crippen molar-refractivity contribution < 1.29 is 4.92 Å². The molecular weight excluding hydrogens is 302 g/mol. The molecule has 1 aliphatic carbocycles. The van der Waals surface area contributed by atoms with E-state index >= 15 is 0 Å². The third kappa shape index (κ3) is 3.17. The average Bonchev–Trinajstić information content (AvgIpc) is 3.13. The monoisotopic (exact) mass is 321 g/mol. The van der Waals surface area contributed by atoms with Gasteiger partial charge < -0.3 is 5.32 Å². The smallest absolute Gasteiger partial charge is 0.306 e. The number of nitro groups is 1. The van der Waals surface area contributed by atoms with Gasteiger partial charge in [0, 0.05) is 17.5 Å². The van der Waals surface area contributed by atoms with Crippen LogP contribution in [0.25, 0.3) is 0 Å². The van der Waals surface area contributed by atoms with Gasteiger partial charge in [-0.05, 0) is 25.7 Å². The minimum absolute atomic E-state index is 0.0370. The zero-order chi connectivity index (χ0) is 15.5. The van der Waals surface area contributed by atoms with E-state index in [1.165, 1.54) is 28.0 Å². The Kier molecular flexibility index (Phi) is 4.49. The van der Waals surface area contributed by atoms with Gasteiger partial charge in [0.15, 0.2) is 0 Å². The topological polar surface area (TPSA) is 85.9 Å². The zero-order valence-corrected chi connectivity index (χ0v) is 13.3. The van der Waals surface area contributed by atoms with Crippen molar-refractivity contribution in [2.24, 2.45) is 0 Å². The van der Waals surface area contributed by atoms with E-state index in [1.807, 2.05) is 11.3 Å². The van der Waals surface area contributed by atoms with Crippen molar-refractivity contribution >= 4 is 17.0 Å². The Bertz CT molecular complexity index is 666. The van der Waals surface area contributed by atoms with Gasteiger partial charge in [-0.1, -0.05) is 6.92 Å². The maximum absolute atomic E-state index is 10.6. The predicted molar refractivity (Wildman–Crippen MR) is 84.1 cm³/mol. The third-order valence-corrected chi connectivity index (χ3v) is 5.21. The van der Waals surface area contributed by atoms with Gasteiger partial charge in [0.2, 0.25) is 0 Å². The van der Waals surface area contributed by atoms with E-state index in [0.717, 1.165) is 32.2 Å². The van der Waals surface area contributed by atoms with Crippen molar-refractivity contribution in [3.63, 3.8) is 0 Å². The van der Waals surface area contributed by atoms with E-state index in [-0.39, 0.29) is 5.69 Å². The second-order valence-corrected chi connectivity index (χ2v) is 6.50. The van der Waals surface area contributed by atoms with Crippen LogP contribution in [0.4, 0.5) is 5.69 Å². The highest BCUT2D eigenvalue weighted by Crippen LogP contribution is 2.34. The lowest BCUT2D eigenvalue weighted by Gasteiger charge is -2.22. The van der Waals surface area contributed by atoms with Crippen molar-refractivity contribution in [2.45, 2.75) is 45.2 Å². The summed E-state index contributed by atoms with van der Waals surface area (Å²) in [7, 11) is 0. The molecule has 22 heavy (non-hydrogen) atoms. The van der Waals surface area contributed by atoms with Gasteiger partial charge in [-0.25, -0.2) is 4.98 Å². The number of nitrogens with zero attached hydrogens (tertiary/aromatic N) is 4. The van der Waals surface area contributed by atoms with Crippen molar-refractivity contribution in [3.05, 3.63) is 38.1 Å². The molecule has 1 aliphatic rings. The van der Waals surface area contributed by atoms with Gasteiger partial charge in [0.25, 0.3) is 0 Å². The number of aryl methyl sites for hydroxylation is 2. The molecule has 0 radical (unpaired) electrons. The number of nitrogens with one attached hydrogen (secondary N) is 1. The Labute approximate surface area is 132 Å². The van der Waals surface area contributed by atoms with Gasteiger partial charge in [-0.2, -0.15) is 5.10 Å². The molecule has 1 unspecified atom stereocenters. The normalized spacial score (nSPS) is 17.4. The van der Waals surface area contributed by atoms with E-state index in [1.54, 1.807) is 4.68 Å². The highest BCUT2D eigenvalue weighted by atomic mass is 32.1. The third-order valence-electron chi connectivity index (χ3n) is 3.86. The number of fused-ring (bicyclic) bond motifs is 1. The van der Waals surface area contributed by atoms with Gasteiger partial charge in [-0.3, -0.25) is 14.8 Å². The first-order valence-electron chi connectivity index (χ1n) is 7.56. The lowest BCUT2D eigenvalue weighted by Crippen LogP contribution is -2.27. The van der Waals surface area contributed by atoms with E-state index < -0.39 is 4.92 Å². The van der Waals surface area contributed by atoms with Crippen LogP contribution in [-0.2, 0) is 19.4 Å². The summed E-state index contributed by atoms with van der Waals surface area (Å²) in [5.74, 6) is 0. The SMILES string of the molecule is CCc1nc2c(s1)C(NCCn1cc([N+](=O)[O-])cn1)CCC2. The summed E-state index contributed by atoms with van der Waals surface area (Å²) in [6, 6.07) is 0.354. The number of thiazole rings is 1. The van der Waals surface area contributed by atoms with Crippen LogP contribution in [0.2, 0.25) is 0 Å². The molecule has 0 aliphatic heterocycles. The number of rotatable bonds is 6. The quantitative estimate of drug-likeness (QED) is 0.652. The fraction of sp³-hybridized carbons (Fsp3) is 0.571. The molecule has 0 saturated heterocycles. The van der Waals surface area contributed by atoms with Crippen LogP contribution in [0.1, 0.15) is 41.4 Å². The molecule has 2 aromatic rings. The van der Waals surface area contributed by atoms with Crippen LogP contribution >= 0.6 is 11.3 Å². The maximum Gasteiger partial charge on any atom is 0.306 e. The summed E-state index contributed by atoms with van der Waals surface area (Å²) in [5.41, 5.74) is 1.29. The molecule has 2 aromatic heterocycles. The van der Waals surface area contributed by atoms with E-state index in [9.17, 15) is 10.1 Å². The summed E-state index contributed by atoms with van der Waals surface area (Å²) < 4.78 is 1.61. The van der Waals surface area contributed by atoms with Crippen molar-refractivity contribution in [1.82, 2.24) is 20.1 Å². The summed E-state index contributed by atoms with van der Waals surface area (Å²) >= 11 is 1.81. The highest BCUT2D eigenvalue weighted by Gasteiger charge is 2.23. The summed E-state index contributed by atoms with van der Waals surface area (Å²) in [6.45, 7) is 3.50. The summed E-state index contributed by atoms with van der Waals surface area (Å²) in [6.07, 6.45) is 7.10. The minimum Gasteiger partial charge on any atom is -0.307 e. The van der Waals surface area contributed by atoms with Gasteiger partial charge in [0.1, 0.15) is 12.4 Å². The van der Waals surface area contributed by atoms with Crippen molar-refractivity contribution in [3.8, 4) is 0 Å². The van der Waals surface area contributed by atoms with Crippen LogP contribution in [0.3, 0.4) is 0 Å². The van der Waals surface area contributed by atoms with E-state index in [2.05, 4.69) is 17.3 Å². The minimum atomic E-state index is -0.423. The fourth-order valence-corrected chi connectivity index (χ4v) is 3.90. The number of hydrogen-bond donors (Lipinski definition) is 1. The van der Waals surface area contributed by atoms with Gasteiger partial charge >= 0.3 is 5.69 Å². The van der Waals surface area contributed by atoms with E-state index in [4.69, 9.17) is 4.98 Å². The summed E-state index contributed by atoms with van der Waals surface area (Å²) in [5, 5.41) is 19.4. The van der Waals surface area contributed by atoms with Gasteiger partial charge in [0.05, 0.1) is 22.2 Å². The Morgan fingerprint density at radius 2 is 2.45 bits per heavy atom. The average molecular weight is 321 g/mol. The molecule has 0 amide bonds. The Hall–Kier alpha value is -1.80. The lowest BCUT2D eigenvalue weighted by atomic mass is 9.98. The van der Waals surface area contributed by atoms with E-state index in [0.29, 0.717) is 12.6 Å². The molecule has 0 saturated carbocycles. The Morgan fingerprint density at radius 3 is 3.18 bits per heavy atom.